The number of carbonyl (C=O) groups is 1. The number of rotatable bonds is 4. The van der Waals surface area contributed by atoms with Crippen LogP contribution >= 0.6 is 0 Å². The van der Waals surface area contributed by atoms with Gasteiger partial charge in [0.25, 0.3) is 0 Å². The molecule has 0 aromatic carbocycles. The first-order chi connectivity index (χ1) is 11.1. The molecule has 23 heavy (non-hydrogen) atoms. The second kappa shape index (κ2) is 6.84. The predicted molar refractivity (Wildman–Crippen MR) is 89.1 cm³/mol. The molecule has 6 heteroatoms. The molecule has 2 aliphatic rings. The first-order valence-electron chi connectivity index (χ1n) is 8.45. The van der Waals surface area contributed by atoms with Crippen molar-refractivity contribution in [2.75, 3.05) is 24.6 Å². The summed E-state index contributed by atoms with van der Waals surface area (Å²) in [5, 5.41) is 2.95. The average molecular weight is 318 g/mol. The Morgan fingerprint density at radius 1 is 1.48 bits per heavy atom. The molecule has 0 radical (unpaired) electrons. The van der Waals surface area contributed by atoms with E-state index in [-0.39, 0.29) is 12.0 Å². The molecular weight excluding hydrogens is 292 g/mol. The van der Waals surface area contributed by atoms with E-state index in [4.69, 9.17) is 10.5 Å². The summed E-state index contributed by atoms with van der Waals surface area (Å²) in [6.07, 6.45) is 5.71. The number of carbonyl (C=O) groups excluding carboxylic acids is 1. The van der Waals surface area contributed by atoms with E-state index in [1.54, 1.807) is 0 Å². The van der Waals surface area contributed by atoms with Gasteiger partial charge in [0.2, 0.25) is 5.91 Å². The topological polar surface area (TPSA) is 80.5 Å². The number of amides is 1. The third kappa shape index (κ3) is 3.82. The molecule has 3 N–H and O–H groups in total. The summed E-state index contributed by atoms with van der Waals surface area (Å²) in [6, 6.07) is 4.02. The predicted octanol–water partition coefficient (Wildman–Crippen LogP) is 1.19. The van der Waals surface area contributed by atoms with Crippen molar-refractivity contribution < 1.29 is 9.53 Å². The number of hydrogen-bond donors (Lipinski definition) is 2. The highest BCUT2D eigenvalue weighted by atomic mass is 16.5. The Hall–Kier alpha value is -1.66. The number of ether oxygens (including phenoxy) is 1. The number of hydrogen-bond acceptors (Lipinski definition) is 5. The third-order valence-electron chi connectivity index (χ3n) is 4.78. The second-order valence-corrected chi connectivity index (χ2v) is 6.70. The number of nitrogens with two attached hydrogens (primary N) is 1. The Morgan fingerprint density at radius 3 is 2.91 bits per heavy atom. The van der Waals surface area contributed by atoms with Crippen molar-refractivity contribution >= 4 is 11.7 Å². The van der Waals surface area contributed by atoms with Gasteiger partial charge in [-0.3, -0.25) is 4.79 Å². The fourth-order valence-corrected chi connectivity index (χ4v) is 3.33. The van der Waals surface area contributed by atoms with Crippen molar-refractivity contribution in [3.05, 3.63) is 23.9 Å². The summed E-state index contributed by atoms with van der Waals surface area (Å²) < 4.78 is 5.55. The molecule has 1 aliphatic heterocycles. The zero-order valence-corrected chi connectivity index (χ0v) is 13.8. The lowest BCUT2D eigenvalue weighted by Crippen LogP contribution is -2.51. The first-order valence-corrected chi connectivity index (χ1v) is 8.45. The van der Waals surface area contributed by atoms with Gasteiger partial charge in [0.15, 0.2) is 0 Å². The van der Waals surface area contributed by atoms with E-state index in [1.807, 2.05) is 18.3 Å². The van der Waals surface area contributed by atoms with Gasteiger partial charge in [-0.25, -0.2) is 4.98 Å². The maximum Gasteiger partial charge on any atom is 0.240 e. The van der Waals surface area contributed by atoms with Gasteiger partial charge < -0.3 is 20.7 Å². The Kier molecular flexibility index (Phi) is 4.82. The van der Waals surface area contributed by atoms with Crippen LogP contribution in [0.2, 0.25) is 0 Å². The summed E-state index contributed by atoms with van der Waals surface area (Å²) >= 11 is 0. The zero-order chi connectivity index (χ0) is 16.3. The summed E-state index contributed by atoms with van der Waals surface area (Å²) in [5.41, 5.74) is 6.48. The zero-order valence-electron chi connectivity index (χ0n) is 13.8. The minimum Gasteiger partial charge on any atom is -0.375 e. The standard InChI is InChI=1S/C17H26N4O2/c1-13-12-21(8-9-23-13)15-5-4-14(10-19-15)11-20-16(22)17(18)6-2-3-7-17/h4-5,10,13H,2-3,6-9,11-12,18H2,1H3,(H,20,22). The van der Waals surface area contributed by atoms with Crippen molar-refractivity contribution in [1.82, 2.24) is 10.3 Å². The lowest BCUT2D eigenvalue weighted by molar-refractivity contribution is -0.126. The molecule has 126 valence electrons. The van der Waals surface area contributed by atoms with Gasteiger partial charge in [0, 0.05) is 25.8 Å². The van der Waals surface area contributed by atoms with Crippen molar-refractivity contribution in [3.63, 3.8) is 0 Å². The van der Waals surface area contributed by atoms with Gasteiger partial charge in [0.1, 0.15) is 5.82 Å². The van der Waals surface area contributed by atoms with E-state index in [0.717, 1.165) is 56.8 Å². The van der Waals surface area contributed by atoms with Gasteiger partial charge in [-0.05, 0) is 31.4 Å². The fraction of sp³-hybridized carbons (Fsp3) is 0.647. The smallest absolute Gasteiger partial charge is 0.240 e. The van der Waals surface area contributed by atoms with E-state index in [0.29, 0.717) is 6.54 Å². The molecule has 1 aliphatic carbocycles. The largest absolute Gasteiger partial charge is 0.375 e. The Balaban J connectivity index is 1.54. The van der Waals surface area contributed by atoms with Crippen LogP contribution in [0.1, 0.15) is 38.2 Å². The summed E-state index contributed by atoms with van der Waals surface area (Å²) in [4.78, 5) is 19.0. The van der Waals surface area contributed by atoms with Crippen LogP contribution in [0.15, 0.2) is 18.3 Å². The molecule has 2 heterocycles. The number of aromatic nitrogens is 1. The van der Waals surface area contributed by atoms with E-state index in [1.165, 1.54) is 0 Å². The van der Waals surface area contributed by atoms with Crippen LogP contribution in [0, 0.1) is 0 Å². The lowest BCUT2D eigenvalue weighted by Gasteiger charge is -2.32. The van der Waals surface area contributed by atoms with Crippen LogP contribution in [0.4, 0.5) is 5.82 Å². The van der Waals surface area contributed by atoms with Crippen LogP contribution in [0.3, 0.4) is 0 Å². The van der Waals surface area contributed by atoms with Gasteiger partial charge in [-0.2, -0.15) is 0 Å². The number of morpholine rings is 1. The highest BCUT2D eigenvalue weighted by Crippen LogP contribution is 2.27. The maximum absolute atomic E-state index is 12.2. The Bertz CT molecular complexity index is 540. The number of pyridine rings is 1. The van der Waals surface area contributed by atoms with Gasteiger partial charge in [0.05, 0.1) is 18.2 Å². The van der Waals surface area contributed by atoms with Crippen LogP contribution in [-0.2, 0) is 16.1 Å². The third-order valence-corrected chi connectivity index (χ3v) is 4.78. The molecule has 0 spiro atoms. The number of nitrogens with zero attached hydrogens (tertiary/aromatic N) is 2. The van der Waals surface area contributed by atoms with Crippen LogP contribution in [0.5, 0.6) is 0 Å². The van der Waals surface area contributed by atoms with Crippen molar-refractivity contribution in [1.29, 1.82) is 0 Å². The van der Waals surface area contributed by atoms with Crippen molar-refractivity contribution in [2.45, 2.75) is 50.8 Å². The molecule has 1 amide bonds. The normalized spacial score (nSPS) is 23.7. The molecule has 1 unspecified atom stereocenters. The second-order valence-electron chi connectivity index (χ2n) is 6.70. The van der Waals surface area contributed by atoms with E-state index in [2.05, 4.69) is 22.1 Å². The van der Waals surface area contributed by atoms with Gasteiger partial charge >= 0.3 is 0 Å². The monoisotopic (exact) mass is 318 g/mol. The molecule has 2 fully saturated rings. The SMILES string of the molecule is CC1CN(c2ccc(CNC(=O)C3(N)CCCC3)cn2)CCO1. The summed E-state index contributed by atoms with van der Waals surface area (Å²) in [6.45, 7) is 5.01. The highest BCUT2D eigenvalue weighted by Gasteiger charge is 2.36. The minimum atomic E-state index is -0.669. The van der Waals surface area contributed by atoms with Crippen molar-refractivity contribution in [2.24, 2.45) is 5.73 Å². The fourth-order valence-electron chi connectivity index (χ4n) is 3.33. The Morgan fingerprint density at radius 2 is 2.26 bits per heavy atom. The quantitative estimate of drug-likeness (QED) is 0.872. The van der Waals surface area contributed by atoms with Crippen LogP contribution in [-0.4, -0.2) is 42.2 Å². The van der Waals surface area contributed by atoms with Crippen LogP contribution in [0.25, 0.3) is 0 Å². The average Bonchev–Trinajstić information content (AvgIpc) is 3.01. The molecule has 1 aromatic heterocycles. The lowest BCUT2D eigenvalue weighted by atomic mass is 9.98. The highest BCUT2D eigenvalue weighted by molar-refractivity contribution is 5.86. The molecule has 1 saturated heterocycles. The molecule has 0 bridgehead atoms. The van der Waals surface area contributed by atoms with Crippen molar-refractivity contribution in [3.8, 4) is 0 Å². The molecular formula is C17H26N4O2. The van der Waals surface area contributed by atoms with E-state index < -0.39 is 5.54 Å². The van der Waals surface area contributed by atoms with Crippen LogP contribution < -0.4 is 16.0 Å². The minimum absolute atomic E-state index is 0.0407. The van der Waals surface area contributed by atoms with Gasteiger partial charge in [-0.1, -0.05) is 18.9 Å². The first kappa shape index (κ1) is 16.2. The molecule has 1 aromatic rings. The molecule has 3 rings (SSSR count). The van der Waals surface area contributed by atoms with E-state index in [9.17, 15) is 4.79 Å². The number of nitrogens with one attached hydrogen (secondary N) is 1. The Labute approximate surface area is 137 Å². The number of anilines is 1. The molecule has 1 saturated carbocycles. The van der Waals surface area contributed by atoms with E-state index >= 15 is 0 Å². The molecule has 6 nitrogen and oxygen atoms in total. The maximum atomic E-state index is 12.2. The summed E-state index contributed by atoms with van der Waals surface area (Å²) in [7, 11) is 0. The van der Waals surface area contributed by atoms with Gasteiger partial charge in [-0.15, -0.1) is 0 Å². The molecule has 1 atom stereocenters. The summed E-state index contributed by atoms with van der Waals surface area (Å²) in [5.74, 6) is 0.919.